The molecule has 0 bridgehead atoms. The van der Waals surface area contributed by atoms with Gasteiger partial charge in [-0.3, -0.25) is 19.0 Å². The van der Waals surface area contributed by atoms with Gasteiger partial charge in [0.25, 0.3) is 11.8 Å². The molecule has 3 aromatic heterocycles. The number of amides is 2. The number of hydrogen-bond donors (Lipinski definition) is 1. The monoisotopic (exact) mass is 670 g/mol. The van der Waals surface area contributed by atoms with E-state index in [1.807, 2.05) is 82.8 Å². The van der Waals surface area contributed by atoms with Crippen LogP contribution >= 0.6 is 11.6 Å². The Labute approximate surface area is 285 Å². The zero-order valence-electron chi connectivity index (χ0n) is 28.4. The molecule has 1 aliphatic heterocycles. The van der Waals surface area contributed by atoms with E-state index in [1.54, 1.807) is 15.4 Å². The van der Waals surface area contributed by atoms with Crippen LogP contribution in [0, 0.1) is 13.8 Å². The number of imidazole rings is 1. The third-order valence-corrected chi connectivity index (χ3v) is 9.28. The van der Waals surface area contributed by atoms with Crippen LogP contribution in [0.25, 0.3) is 11.0 Å². The summed E-state index contributed by atoms with van der Waals surface area (Å²) in [5, 5.41) is 12.2. The Balaban J connectivity index is 1.27. The molecule has 13 heteroatoms. The maximum Gasteiger partial charge on any atom is 0.298 e. The Bertz CT molecular complexity index is 2050. The van der Waals surface area contributed by atoms with Gasteiger partial charge in [0.15, 0.2) is 6.29 Å². The molecule has 1 unspecified atom stereocenters. The number of carbonyl (C=O) groups is 2. The van der Waals surface area contributed by atoms with Gasteiger partial charge in [-0.1, -0.05) is 24.3 Å². The van der Waals surface area contributed by atoms with Crippen LogP contribution in [0.5, 0.6) is 0 Å². The zero-order chi connectivity index (χ0) is 34.1. The Kier molecular flexibility index (Phi) is 9.45. The Morgan fingerprint density at radius 1 is 0.875 bits per heavy atom. The fourth-order valence-corrected chi connectivity index (χ4v) is 6.93. The van der Waals surface area contributed by atoms with Crippen LogP contribution < -0.4 is 20.7 Å². The molecule has 0 spiro atoms. The maximum atomic E-state index is 13.5. The number of nitrogens with zero attached hydrogens (tertiary/aromatic N) is 9. The minimum atomic E-state index is -0.362. The summed E-state index contributed by atoms with van der Waals surface area (Å²) in [7, 11) is 3.93. The first-order chi connectivity index (χ1) is 23.2. The molecule has 2 amide bonds. The number of halogens is 1. The summed E-state index contributed by atoms with van der Waals surface area (Å²) < 4.78 is 7.50. The molecule has 0 fully saturated rings. The van der Waals surface area contributed by atoms with Crippen molar-refractivity contribution in [1.82, 2.24) is 34.0 Å². The molecular weight excluding hydrogens is 628 g/mol. The summed E-state index contributed by atoms with van der Waals surface area (Å²) in [6, 6.07) is 17.8. The average molecular weight is 671 g/mol. The maximum absolute atomic E-state index is 13.5. The Hall–Kier alpha value is -4.84. The molecule has 12 nitrogen and oxygen atoms in total. The first-order valence-corrected chi connectivity index (χ1v) is 17.0. The van der Waals surface area contributed by atoms with Gasteiger partial charge in [0.2, 0.25) is 5.62 Å². The lowest BCUT2D eigenvalue weighted by atomic mass is 10.2. The summed E-state index contributed by atoms with van der Waals surface area (Å²) in [5.41, 5.74) is 8.19. The Morgan fingerprint density at radius 3 is 2.21 bits per heavy atom. The molecule has 0 saturated heterocycles. The Morgan fingerprint density at radius 2 is 1.52 bits per heavy atom. The van der Waals surface area contributed by atoms with Crippen molar-refractivity contribution in [2.24, 2.45) is 12.0 Å². The first-order valence-electron chi connectivity index (χ1n) is 16.5. The number of hydrogen-bond acceptors (Lipinski definition) is 6. The number of para-hydroxylation sites is 3. The van der Waals surface area contributed by atoms with Crippen molar-refractivity contribution in [2.45, 2.75) is 72.3 Å². The second-order valence-electron chi connectivity index (χ2n) is 12.2. The SMILES string of the molecule is CCn1nc(C)cc1C(=O)/N=c1\n(C)c2cccc(CCl)c2n1CCCCN1c2ccccc2N(C)C1NC(=O)c1cc(C)nn1CC. The molecule has 0 saturated carbocycles. The van der Waals surface area contributed by atoms with E-state index in [-0.39, 0.29) is 18.1 Å². The van der Waals surface area contributed by atoms with Gasteiger partial charge in [-0.05, 0) is 76.4 Å². The number of benzene rings is 2. The first kappa shape index (κ1) is 33.1. The predicted molar refractivity (Wildman–Crippen MR) is 188 cm³/mol. The summed E-state index contributed by atoms with van der Waals surface area (Å²) >= 11 is 6.43. The van der Waals surface area contributed by atoms with Gasteiger partial charge in [-0.15, -0.1) is 11.6 Å². The van der Waals surface area contributed by atoms with Crippen LogP contribution in [0.1, 0.15) is 64.6 Å². The number of aryl methyl sites for hydroxylation is 6. The number of fused-ring (bicyclic) bond motifs is 2. The van der Waals surface area contributed by atoms with Crippen LogP contribution in [0.2, 0.25) is 0 Å². The van der Waals surface area contributed by atoms with Crippen molar-refractivity contribution < 1.29 is 9.59 Å². The standard InChI is InChI=1S/C35H43ClN10O2/c1-7-45-29(20-23(3)39-45)32(47)37-34-41(5)26-15-9-10-16-27(26)43(34)18-11-12-19-44-31-25(22-36)14-13-17-28(31)42(6)35(44)38-33(48)30-21-24(4)40-46(30)8-2/h9-10,13-17,20-21,34H,7-8,11-12,18-19,22H2,1-6H3,(H,37,47)/b38-35+. The number of nitrogens with one attached hydrogen (secondary N) is 1. The summed E-state index contributed by atoms with van der Waals surface area (Å²) in [6.07, 6.45) is 1.26. The number of unbranched alkanes of at least 4 members (excludes halogenated alkanes) is 1. The van der Waals surface area contributed by atoms with E-state index in [9.17, 15) is 9.59 Å². The van der Waals surface area contributed by atoms with Gasteiger partial charge < -0.3 is 24.3 Å². The lowest BCUT2D eigenvalue weighted by Crippen LogP contribution is -2.54. The van der Waals surface area contributed by atoms with Crippen LogP contribution in [0.3, 0.4) is 0 Å². The molecule has 6 rings (SSSR count). The van der Waals surface area contributed by atoms with E-state index < -0.39 is 0 Å². The normalized spacial score (nSPS) is 14.7. The average Bonchev–Trinajstić information content (AvgIpc) is 3.81. The summed E-state index contributed by atoms with van der Waals surface area (Å²) in [5.74, 6) is -0.160. The third-order valence-electron chi connectivity index (χ3n) is 9.00. The van der Waals surface area contributed by atoms with Crippen molar-refractivity contribution in [3.63, 3.8) is 0 Å². The molecule has 2 aromatic carbocycles. The van der Waals surface area contributed by atoms with E-state index in [0.717, 1.165) is 52.2 Å². The van der Waals surface area contributed by atoms with Gasteiger partial charge in [0.1, 0.15) is 11.4 Å². The van der Waals surface area contributed by atoms with Gasteiger partial charge in [-0.2, -0.15) is 15.2 Å². The van der Waals surface area contributed by atoms with Crippen molar-refractivity contribution in [3.05, 3.63) is 88.6 Å². The number of anilines is 2. The number of rotatable bonds is 11. The molecule has 1 N–H and O–H groups in total. The van der Waals surface area contributed by atoms with E-state index in [2.05, 4.69) is 47.0 Å². The summed E-state index contributed by atoms with van der Waals surface area (Å²) in [6.45, 7) is 10.2. The third kappa shape index (κ3) is 6.00. The minimum absolute atomic E-state index is 0.164. The van der Waals surface area contributed by atoms with Gasteiger partial charge in [0.05, 0.1) is 33.8 Å². The van der Waals surface area contributed by atoms with Crippen molar-refractivity contribution >= 4 is 45.8 Å². The molecule has 5 aromatic rings. The highest BCUT2D eigenvalue weighted by Gasteiger charge is 2.35. The fraction of sp³-hybridized carbons (Fsp3) is 0.400. The minimum Gasteiger partial charge on any atom is -0.336 e. The van der Waals surface area contributed by atoms with E-state index in [4.69, 9.17) is 11.6 Å². The second kappa shape index (κ2) is 13.7. The van der Waals surface area contributed by atoms with Crippen LogP contribution in [0.15, 0.2) is 59.6 Å². The molecule has 4 heterocycles. The molecule has 252 valence electrons. The van der Waals surface area contributed by atoms with Crippen molar-refractivity contribution in [2.75, 3.05) is 23.4 Å². The van der Waals surface area contributed by atoms with Crippen molar-refractivity contribution in [1.29, 1.82) is 0 Å². The zero-order valence-corrected chi connectivity index (χ0v) is 29.2. The smallest absolute Gasteiger partial charge is 0.298 e. The predicted octanol–water partition coefficient (Wildman–Crippen LogP) is 4.96. The van der Waals surface area contributed by atoms with Gasteiger partial charge in [-0.25, -0.2) is 0 Å². The highest BCUT2D eigenvalue weighted by molar-refractivity contribution is 6.17. The van der Waals surface area contributed by atoms with E-state index in [0.29, 0.717) is 49.1 Å². The number of carbonyl (C=O) groups excluding carboxylic acids is 2. The molecule has 1 aliphatic rings. The molecule has 48 heavy (non-hydrogen) atoms. The van der Waals surface area contributed by atoms with Crippen LogP contribution in [0.4, 0.5) is 11.4 Å². The lowest BCUT2D eigenvalue weighted by molar-refractivity contribution is 0.0925. The number of aromatic nitrogens is 6. The van der Waals surface area contributed by atoms with Gasteiger partial charge in [0, 0.05) is 46.2 Å². The highest BCUT2D eigenvalue weighted by Crippen LogP contribution is 2.37. The molecule has 1 atom stereocenters. The lowest BCUT2D eigenvalue weighted by Gasteiger charge is -2.31. The summed E-state index contributed by atoms with van der Waals surface area (Å²) in [4.78, 5) is 36.1. The largest absolute Gasteiger partial charge is 0.336 e. The molecule has 0 aliphatic carbocycles. The van der Waals surface area contributed by atoms with Crippen LogP contribution in [-0.2, 0) is 32.6 Å². The number of alkyl halides is 1. The van der Waals surface area contributed by atoms with Gasteiger partial charge >= 0.3 is 0 Å². The quantitative estimate of drug-likeness (QED) is 0.157. The van der Waals surface area contributed by atoms with E-state index in [1.165, 1.54) is 0 Å². The topological polar surface area (TPSA) is 111 Å². The second-order valence-corrected chi connectivity index (χ2v) is 12.4. The van der Waals surface area contributed by atoms with E-state index >= 15 is 0 Å². The van der Waals surface area contributed by atoms with Crippen LogP contribution in [-0.4, -0.2) is 60.4 Å². The van der Waals surface area contributed by atoms with Crippen molar-refractivity contribution in [3.8, 4) is 0 Å². The fourth-order valence-electron chi connectivity index (χ4n) is 6.72. The molecule has 0 radical (unpaired) electrons. The highest BCUT2D eigenvalue weighted by atomic mass is 35.5. The molecular formula is C35H43ClN10O2.